The highest BCUT2D eigenvalue weighted by Gasteiger charge is 2.28. The third-order valence-corrected chi connectivity index (χ3v) is 9.11. The summed E-state index contributed by atoms with van der Waals surface area (Å²) in [6.07, 6.45) is 5.86. The van der Waals surface area contributed by atoms with Gasteiger partial charge in [-0.15, -0.1) is 0 Å². The van der Waals surface area contributed by atoms with E-state index in [1.54, 1.807) is 13.3 Å². The van der Waals surface area contributed by atoms with Crippen molar-refractivity contribution in [3.05, 3.63) is 103 Å². The Morgan fingerprint density at radius 1 is 1.08 bits per heavy atom. The molecule has 1 unspecified atom stereocenters. The molecule has 0 radical (unpaired) electrons. The van der Waals surface area contributed by atoms with Gasteiger partial charge in [-0.2, -0.15) is 0 Å². The van der Waals surface area contributed by atoms with E-state index in [-0.39, 0.29) is 23.6 Å². The van der Waals surface area contributed by atoms with Gasteiger partial charge < -0.3 is 29.7 Å². The Morgan fingerprint density at radius 2 is 1.90 bits per heavy atom. The number of methoxy groups -OCH3 is 1. The summed E-state index contributed by atoms with van der Waals surface area (Å²) in [7, 11) is 7.60. The Kier molecular flexibility index (Phi) is 10.4. The van der Waals surface area contributed by atoms with Gasteiger partial charge in [0.1, 0.15) is 5.75 Å². The first kappa shape index (κ1) is 34.8. The SMILES string of the molecule is C=CC(=O)Nc1cc(Nc2nccc(-c3cn(C)c4ccccc34)n2)c(OC)cc1N(C)CCN(C)Cc1cccc(C2CCC(=O)NC2=O)c1. The van der Waals surface area contributed by atoms with Crippen molar-refractivity contribution in [2.24, 2.45) is 7.05 Å². The molecule has 5 aromatic rings. The van der Waals surface area contributed by atoms with Gasteiger partial charge in [0.05, 0.1) is 35.8 Å². The van der Waals surface area contributed by atoms with Crippen LogP contribution in [0.2, 0.25) is 0 Å². The van der Waals surface area contributed by atoms with Crippen LogP contribution in [0.3, 0.4) is 0 Å². The van der Waals surface area contributed by atoms with Crippen molar-refractivity contribution in [1.29, 1.82) is 0 Å². The molecule has 1 saturated heterocycles. The number of aromatic nitrogens is 3. The highest BCUT2D eigenvalue weighted by molar-refractivity contribution is 6.02. The zero-order valence-corrected chi connectivity index (χ0v) is 29.3. The van der Waals surface area contributed by atoms with Gasteiger partial charge in [-0.3, -0.25) is 19.7 Å². The summed E-state index contributed by atoms with van der Waals surface area (Å²) in [4.78, 5) is 50.1. The highest BCUT2D eigenvalue weighted by Crippen LogP contribution is 2.38. The van der Waals surface area contributed by atoms with Crippen LogP contribution in [0.4, 0.5) is 23.0 Å². The van der Waals surface area contributed by atoms with Gasteiger partial charge in [0, 0.05) is 75.1 Å². The quantitative estimate of drug-likeness (QED) is 0.107. The summed E-state index contributed by atoms with van der Waals surface area (Å²) >= 11 is 0. The van der Waals surface area contributed by atoms with E-state index in [4.69, 9.17) is 9.72 Å². The summed E-state index contributed by atoms with van der Waals surface area (Å²) in [6.45, 7) is 5.62. The van der Waals surface area contributed by atoms with E-state index in [2.05, 4.69) is 60.2 Å². The molecule has 3 heterocycles. The minimum absolute atomic E-state index is 0.219. The smallest absolute Gasteiger partial charge is 0.247 e. The van der Waals surface area contributed by atoms with E-state index >= 15 is 0 Å². The second-order valence-electron chi connectivity index (χ2n) is 12.7. The van der Waals surface area contributed by atoms with Crippen LogP contribution in [-0.2, 0) is 28.0 Å². The molecule has 6 rings (SSSR count). The molecule has 2 aromatic heterocycles. The third-order valence-electron chi connectivity index (χ3n) is 9.11. The Hall–Kier alpha value is -6.01. The number of nitrogens with zero attached hydrogens (tertiary/aromatic N) is 5. The van der Waals surface area contributed by atoms with Crippen molar-refractivity contribution in [1.82, 2.24) is 24.8 Å². The average Bonchev–Trinajstić information content (AvgIpc) is 3.47. The van der Waals surface area contributed by atoms with Gasteiger partial charge in [0.15, 0.2) is 0 Å². The lowest BCUT2D eigenvalue weighted by Crippen LogP contribution is -2.39. The fourth-order valence-electron chi connectivity index (χ4n) is 6.42. The topological polar surface area (TPSA) is 134 Å². The van der Waals surface area contributed by atoms with E-state index < -0.39 is 0 Å². The number of fused-ring (bicyclic) bond motifs is 1. The molecule has 262 valence electrons. The molecule has 3 aromatic carbocycles. The molecular weight excluding hydrogens is 644 g/mol. The van der Waals surface area contributed by atoms with Crippen LogP contribution in [0.5, 0.6) is 5.75 Å². The minimum atomic E-state index is -0.344. The third kappa shape index (κ3) is 7.92. The van der Waals surface area contributed by atoms with Crippen molar-refractivity contribution in [3.63, 3.8) is 0 Å². The Bertz CT molecular complexity index is 2110. The molecule has 51 heavy (non-hydrogen) atoms. The van der Waals surface area contributed by atoms with Crippen molar-refractivity contribution in [3.8, 4) is 17.0 Å². The molecule has 3 N–H and O–H groups in total. The van der Waals surface area contributed by atoms with Crippen molar-refractivity contribution < 1.29 is 19.1 Å². The molecule has 0 bridgehead atoms. The van der Waals surface area contributed by atoms with Crippen molar-refractivity contribution in [2.75, 3.05) is 49.8 Å². The summed E-state index contributed by atoms with van der Waals surface area (Å²) < 4.78 is 7.89. The molecule has 1 aliphatic rings. The summed E-state index contributed by atoms with van der Waals surface area (Å²) in [6, 6.07) is 21.7. The number of hydrogen-bond donors (Lipinski definition) is 3. The molecule has 12 nitrogen and oxygen atoms in total. The van der Waals surface area contributed by atoms with Gasteiger partial charge in [-0.1, -0.05) is 49.0 Å². The number of rotatable bonds is 13. The van der Waals surface area contributed by atoms with E-state index in [1.807, 2.05) is 75.7 Å². The fraction of sp³-hybridized carbons (Fsp3) is 0.256. The van der Waals surface area contributed by atoms with Crippen LogP contribution in [0.15, 0.2) is 91.8 Å². The van der Waals surface area contributed by atoms with Crippen LogP contribution < -0.4 is 25.6 Å². The first-order valence-electron chi connectivity index (χ1n) is 16.8. The number of para-hydroxylation sites is 1. The monoisotopic (exact) mass is 686 g/mol. The lowest BCUT2D eigenvalue weighted by atomic mass is 9.89. The number of nitrogens with one attached hydrogen (secondary N) is 3. The van der Waals surface area contributed by atoms with Gasteiger partial charge in [-0.05, 0) is 48.9 Å². The van der Waals surface area contributed by atoms with Gasteiger partial charge in [-0.25, -0.2) is 9.97 Å². The molecule has 0 saturated carbocycles. The van der Waals surface area contributed by atoms with E-state index in [1.165, 1.54) is 6.08 Å². The molecule has 1 aliphatic heterocycles. The predicted octanol–water partition coefficient (Wildman–Crippen LogP) is 5.60. The maximum Gasteiger partial charge on any atom is 0.247 e. The Balaban J connectivity index is 1.18. The molecule has 1 atom stereocenters. The predicted molar refractivity (Wildman–Crippen MR) is 200 cm³/mol. The number of ether oxygens (including phenoxy) is 1. The fourth-order valence-corrected chi connectivity index (χ4v) is 6.42. The number of aryl methyl sites for hydroxylation is 1. The number of amides is 3. The number of benzene rings is 3. The molecular formula is C39H42N8O4. The first-order valence-corrected chi connectivity index (χ1v) is 16.8. The lowest BCUT2D eigenvalue weighted by Gasteiger charge is -2.27. The maximum atomic E-state index is 12.6. The van der Waals surface area contributed by atoms with Crippen LogP contribution in [0, 0.1) is 0 Å². The summed E-state index contributed by atoms with van der Waals surface area (Å²) in [5, 5.41) is 9.78. The van der Waals surface area contributed by atoms with E-state index in [0.29, 0.717) is 55.5 Å². The van der Waals surface area contributed by atoms with Crippen molar-refractivity contribution in [2.45, 2.75) is 25.3 Å². The number of likely N-dealkylation sites (N-methyl/N-ethyl adjacent to an activating group) is 2. The largest absolute Gasteiger partial charge is 0.494 e. The van der Waals surface area contributed by atoms with Crippen LogP contribution in [-0.4, -0.2) is 71.5 Å². The van der Waals surface area contributed by atoms with Crippen LogP contribution in [0.25, 0.3) is 22.2 Å². The summed E-state index contributed by atoms with van der Waals surface area (Å²) in [5.74, 6) is -0.200. The molecule has 1 fully saturated rings. The average molecular weight is 687 g/mol. The van der Waals surface area contributed by atoms with E-state index in [9.17, 15) is 14.4 Å². The highest BCUT2D eigenvalue weighted by atomic mass is 16.5. The number of anilines is 4. The molecule has 0 aliphatic carbocycles. The van der Waals surface area contributed by atoms with Crippen molar-refractivity contribution >= 4 is 51.6 Å². The second-order valence-corrected chi connectivity index (χ2v) is 12.7. The Labute approximate surface area is 297 Å². The van der Waals surface area contributed by atoms with Gasteiger partial charge >= 0.3 is 0 Å². The van der Waals surface area contributed by atoms with Gasteiger partial charge in [0.2, 0.25) is 23.7 Å². The van der Waals surface area contributed by atoms with Crippen LogP contribution in [0.1, 0.15) is 29.9 Å². The van der Waals surface area contributed by atoms with Crippen LogP contribution >= 0.6 is 0 Å². The van der Waals surface area contributed by atoms with E-state index in [0.717, 1.165) is 39.0 Å². The number of piperidine rings is 1. The molecule has 0 spiro atoms. The zero-order chi connectivity index (χ0) is 36.1. The summed E-state index contributed by atoms with van der Waals surface area (Å²) in [5.41, 5.74) is 6.76. The number of carbonyl (C=O) groups excluding carboxylic acids is 3. The molecule has 3 amide bonds. The normalized spacial score (nSPS) is 14.3. The minimum Gasteiger partial charge on any atom is -0.494 e. The maximum absolute atomic E-state index is 12.6. The van der Waals surface area contributed by atoms with Gasteiger partial charge in [0.25, 0.3) is 0 Å². The second kappa shape index (κ2) is 15.3. The first-order chi connectivity index (χ1) is 24.6. The lowest BCUT2D eigenvalue weighted by molar-refractivity contribution is -0.134. The number of carbonyl (C=O) groups is 3. The standard InChI is InChI=1S/C39H42N8O4/c1-6-36(48)41-31-21-32(43-39-40-17-16-30(42-39)29-24-47(4)33-13-8-7-12-28(29)33)35(51-5)22-34(31)46(3)19-18-45(2)23-25-10-9-11-26(20-25)27-14-15-37(49)44-38(27)50/h6-13,16-17,20-22,24,27H,1,14-15,18-19,23H2,2-5H3,(H,41,48)(H,40,42,43)(H,44,49,50). The Morgan fingerprint density at radius 3 is 2.69 bits per heavy atom. The number of imide groups is 1. The number of hydrogen-bond acceptors (Lipinski definition) is 9. The molecule has 12 heteroatoms. The zero-order valence-electron chi connectivity index (χ0n) is 29.3.